The van der Waals surface area contributed by atoms with Crippen LogP contribution in [0.15, 0.2) is 42.6 Å². The highest BCUT2D eigenvalue weighted by Gasteiger charge is 2.39. The van der Waals surface area contributed by atoms with Gasteiger partial charge in [0.15, 0.2) is 0 Å². The van der Waals surface area contributed by atoms with Crippen LogP contribution in [0.2, 0.25) is 0 Å². The van der Waals surface area contributed by atoms with E-state index in [2.05, 4.69) is 10.4 Å². The van der Waals surface area contributed by atoms with Gasteiger partial charge < -0.3 is 20.3 Å². The van der Waals surface area contributed by atoms with Gasteiger partial charge in [-0.15, -0.1) is 0 Å². The molecule has 1 amide bonds. The molecule has 3 rings (SSSR count). The lowest BCUT2D eigenvalue weighted by atomic mass is 9.87. The van der Waals surface area contributed by atoms with Crippen molar-refractivity contribution >= 4 is 5.91 Å². The summed E-state index contributed by atoms with van der Waals surface area (Å²) in [5, 5.41) is 27.8. The Labute approximate surface area is 152 Å². The predicted molar refractivity (Wildman–Crippen MR) is 95.9 cm³/mol. The highest BCUT2D eigenvalue weighted by Crippen LogP contribution is 2.25. The van der Waals surface area contributed by atoms with Gasteiger partial charge in [0.05, 0.1) is 6.04 Å². The number of hydrogen-bond acceptors (Lipinski definition) is 5. The van der Waals surface area contributed by atoms with Crippen molar-refractivity contribution in [1.82, 2.24) is 15.1 Å². The normalized spacial score (nSPS) is 25.7. The van der Waals surface area contributed by atoms with E-state index in [1.54, 1.807) is 29.1 Å². The van der Waals surface area contributed by atoms with Crippen LogP contribution in [0.25, 0.3) is 0 Å². The summed E-state index contributed by atoms with van der Waals surface area (Å²) >= 11 is 0. The molecule has 140 valence electrons. The number of para-hydroxylation sites is 1. The zero-order valence-corrected chi connectivity index (χ0v) is 14.8. The van der Waals surface area contributed by atoms with Gasteiger partial charge in [-0.2, -0.15) is 5.10 Å². The topological polar surface area (TPSA) is 96.6 Å². The molecule has 0 bridgehead atoms. The molecule has 1 fully saturated rings. The minimum Gasteiger partial charge on any atom is -0.488 e. The summed E-state index contributed by atoms with van der Waals surface area (Å²) in [7, 11) is 0. The Kier molecular flexibility index (Phi) is 5.90. The van der Waals surface area contributed by atoms with Gasteiger partial charge in [-0.05, 0) is 37.5 Å². The second-order valence-corrected chi connectivity index (χ2v) is 6.57. The molecule has 1 heterocycles. The Morgan fingerprint density at radius 2 is 2.00 bits per heavy atom. The number of hydrogen-bond donors (Lipinski definition) is 3. The van der Waals surface area contributed by atoms with E-state index in [-0.39, 0.29) is 5.91 Å². The Balaban J connectivity index is 1.57. The van der Waals surface area contributed by atoms with Crippen molar-refractivity contribution in [2.24, 2.45) is 0 Å². The lowest BCUT2D eigenvalue weighted by molar-refractivity contribution is -0.0874. The molecule has 1 aromatic carbocycles. The van der Waals surface area contributed by atoms with Gasteiger partial charge >= 0.3 is 0 Å². The number of benzene rings is 1. The zero-order chi connectivity index (χ0) is 18.5. The maximum Gasteiger partial charge on any atom is 0.272 e. The number of carbonyl (C=O) groups excluding carboxylic acids is 1. The van der Waals surface area contributed by atoms with Gasteiger partial charge in [0.1, 0.15) is 29.8 Å². The number of nitrogens with zero attached hydrogens (tertiary/aromatic N) is 2. The molecule has 2 aromatic rings. The first kappa shape index (κ1) is 18.4. The second-order valence-electron chi connectivity index (χ2n) is 6.57. The van der Waals surface area contributed by atoms with Crippen molar-refractivity contribution in [3.63, 3.8) is 0 Å². The van der Waals surface area contributed by atoms with Crippen molar-refractivity contribution in [1.29, 1.82) is 0 Å². The van der Waals surface area contributed by atoms with Crippen LogP contribution >= 0.6 is 0 Å². The summed E-state index contributed by atoms with van der Waals surface area (Å²) in [5.74, 6) is 0.297. The number of aromatic nitrogens is 2. The molecular weight excluding hydrogens is 334 g/mol. The maximum atomic E-state index is 12.3. The van der Waals surface area contributed by atoms with Gasteiger partial charge in [-0.3, -0.25) is 9.48 Å². The van der Waals surface area contributed by atoms with Crippen molar-refractivity contribution in [3.05, 3.63) is 48.3 Å². The van der Waals surface area contributed by atoms with Crippen molar-refractivity contribution < 1.29 is 19.7 Å². The minimum atomic E-state index is -1.10. The third-order valence-corrected chi connectivity index (χ3v) is 4.58. The molecule has 0 radical (unpaired) electrons. The van der Waals surface area contributed by atoms with E-state index in [9.17, 15) is 15.0 Å². The number of rotatable bonds is 6. The summed E-state index contributed by atoms with van der Waals surface area (Å²) in [5.41, 5.74) is 0.308. The van der Waals surface area contributed by atoms with Crippen LogP contribution in [0.1, 0.15) is 36.7 Å². The fraction of sp³-hybridized carbons (Fsp3) is 0.474. The van der Waals surface area contributed by atoms with Crippen molar-refractivity contribution in [2.45, 2.75) is 57.1 Å². The highest BCUT2D eigenvalue weighted by molar-refractivity contribution is 5.92. The van der Waals surface area contributed by atoms with E-state index in [1.165, 1.54) is 0 Å². The molecule has 4 atom stereocenters. The molecule has 0 unspecified atom stereocenters. The molecule has 0 aliphatic heterocycles. The Morgan fingerprint density at radius 3 is 2.73 bits per heavy atom. The SMILES string of the molecule is CCCn1ccc(C(=O)N[C@@H]2CC[C@@H](Oc3ccccc3)[C@H](O)[C@H]2O)n1. The predicted octanol–water partition coefficient (Wildman–Crippen LogP) is 1.35. The molecule has 7 nitrogen and oxygen atoms in total. The van der Waals surface area contributed by atoms with Crippen molar-refractivity contribution in [2.75, 3.05) is 0 Å². The van der Waals surface area contributed by atoms with E-state index >= 15 is 0 Å². The van der Waals surface area contributed by atoms with Gasteiger partial charge in [0.25, 0.3) is 5.91 Å². The third-order valence-electron chi connectivity index (χ3n) is 4.58. The minimum absolute atomic E-state index is 0.308. The lowest BCUT2D eigenvalue weighted by Gasteiger charge is -2.37. The summed E-state index contributed by atoms with van der Waals surface area (Å²) in [6.07, 6.45) is 1.04. The molecule has 1 aromatic heterocycles. The fourth-order valence-corrected chi connectivity index (χ4v) is 3.18. The fourth-order valence-electron chi connectivity index (χ4n) is 3.18. The Morgan fingerprint density at radius 1 is 1.23 bits per heavy atom. The molecule has 0 saturated heterocycles. The third kappa shape index (κ3) is 4.23. The monoisotopic (exact) mass is 359 g/mol. The van der Waals surface area contributed by atoms with E-state index < -0.39 is 24.4 Å². The largest absolute Gasteiger partial charge is 0.488 e. The number of amides is 1. The molecule has 7 heteroatoms. The molecular formula is C19H25N3O4. The number of nitrogens with one attached hydrogen (secondary N) is 1. The summed E-state index contributed by atoms with van der Waals surface area (Å²) in [6, 6.07) is 10.3. The number of aryl methyl sites for hydroxylation is 1. The van der Waals surface area contributed by atoms with Crippen LogP contribution < -0.4 is 10.1 Å². The van der Waals surface area contributed by atoms with Gasteiger partial charge in [0.2, 0.25) is 0 Å². The maximum absolute atomic E-state index is 12.3. The van der Waals surface area contributed by atoms with Crippen LogP contribution in [0.3, 0.4) is 0 Å². The number of carbonyl (C=O) groups is 1. The Bertz CT molecular complexity index is 719. The first-order valence-corrected chi connectivity index (χ1v) is 9.00. The van der Waals surface area contributed by atoms with Gasteiger partial charge in [-0.1, -0.05) is 25.1 Å². The lowest BCUT2D eigenvalue weighted by Crippen LogP contribution is -2.57. The summed E-state index contributed by atoms with van der Waals surface area (Å²) in [4.78, 5) is 12.3. The Hall–Kier alpha value is -2.38. The quantitative estimate of drug-likeness (QED) is 0.724. The highest BCUT2D eigenvalue weighted by atomic mass is 16.5. The van der Waals surface area contributed by atoms with Gasteiger partial charge in [-0.25, -0.2) is 0 Å². The van der Waals surface area contributed by atoms with Crippen LogP contribution in [-0.4, -0.2) is 50.3 Å². The summed E-state index contributed by atoms with van der Waals surface area (Å²) < 4.78 is 7.48. The zero-order valence-electron chi connectivity index (χ0n) is 14.8. The molecule has 0 spiro atoms. The summed E-state index contributed by atoms with van der Waals surface area (Å²) in [6.45, 7) is 2.78. The molecule has 1 aliphatic carbocycles. The van der Waals surface area contributed by atoms with Crippen LogP contribution in [0.5, 0.6) is 5.75 Å². The molecule has 1 saturated carbocycles. The average Bonchev–Trinajstić information content (AvgIpc) is 3.11. The van der Waals surface area contributed by atoms with Crippen LogP contribution in [0.4, 0.5) is 0 Å². The van der Waals surface area contributed by atoms with E-state index in [0.717, 1.165) is 13.0 Å². The van der Waals surface area contributed by atoms with Crippen molar-refractivity contribution in [3.8, 4) is 5.75 Å². The first-order valence-electron chi connectivity index (χ1n) is 9.00. The molecule has 1 aliphatic rings. The van der Waals surface area contributed by atoms with E-state index in [1.807, 2.05) is 25.1 Å². The average molecular weight is 359 g/mol. The second kappa shape index (κ2) is 8.33. The number of ether oxygens (including phenoxy) is 1. The van der Waals surface area contributed by atoms with Crippen LogP contribution in [0, 0.1) is 0 Å². The standard InChI is InChI=1S/C19H25N3O4/c1-2-11-22-12-10-15(21-22)19(25)20-14-8-9-16(18(24)17(14)23)26-13-6-4-3-5-7-13/h3-7,10,12,14,16-18,23-24H,2,8-9,11H2,1H3,(H,20,25)/t14-,16-,17+,18+/m1/s1. The number of aliphatic hydroxyl groups excluding tert-OH is 2. The smallest absolute Gasteiger partial charge is 0.272 e. The van der Waals surface area contributed by atoms with Crippen LogP contribution in [-0.2, 0) is 6.54 Å². The number of aliphatic hydroxyl groups is 2. The molecule has 3 N–H and O–H groups in total. The first-order chi connectivity index (χ1) is 12.6. The van der Waals surface area contributed by atoms with Gasteiger partial charge in [0, 0.05) is 12.7 Å². The molecule has 26 heavy (non-hydrogen) atoms. The van der Waals surface area contributed by atoms with E-state index in [0.29, 0.717) is 24.3 Å². The van der Waals surface area contributed by atoms with E-state index in [4.69, 9.17) is 4.74 Å².